The summed E-state index contributed by atoms with van der Waals surface area (Å²) in [5, 5.41) is 8.16. The summed E-state index contributed by atoms with van der Waals surface area (Å²) in [6.45, 7) is 0.443. The van der Waals surface area contributed by atoms with Crippen molar-refractivity contribution in [3.8, 4) is 0 Å². The molecule has 0 saturated carbocycles. The Morgan fingerprint density at radius 1 is 1.05 bits per heavy atom. The third-order valence-corrected chi connectivity index (χ3v) is 3.42. The normalized spacial score (nSPS) is 10.7. The molecule has 0 aliphatic heterocycles. The van der Waals surface area contributed by atoms with Gasteiger partial charge in [-0.3, -0.25) is 10.1 Å². The zero-order valence-corrected chi connectivity index (χ0v) is 12.1. The third-order valence-electron chi connectivity index (χ3n) is 3.42. The summed E-state index contributed by atoms with van der Waals surface area (Å²) >= 11 is 0. The minimum Gasteiger partial charge on any atom is -0.294 e. The molecular weight excluding hydrogens is 254 g/mol. The summed E-state index contributed by atoms with van der Waals surface area (Å²) in [5.74, 6) is 0.228. The molecule has 0 unspecified atom stereocenters. The van der Waals surface area contributed by atoms with Gasteiger partial charge in [0.25, 0.3) is 0 Å². The van der Waals surface area contributed by atoms with E-state index in [-0.39, 0.29) is 5.78 Å². The molecule has 1 aromatic heterocycles. The lowest BCUT2D eigenvalue weighted by atomic mass is 10.0. The number of aromatic nitrogens is 1. The minimum absolute atomic E-state index is 0.228. The molecule has 112 valence electrons. The van der Waals surface area contributed by atoms with Gasteiger partial charge in [0, 0.05) is 12.5 Å². The Hall–Kier alpha value is -1.26. The van der Waals surface area contributed by atoms with Crippen molar-refractivity contribution >= 4 is 5.78 Å². The third kappa shape index (κ3) is 8.02. The maximum absolute atomic E-state index is 11.8. The summed E-state index contributed by atoms with van der Waals surface area (Å²) in [7, 11) is 0. The Balaban J connectivity index is 1.91. The number of pyridine rings is 1. The van der Waals surface area contributed by atoms with Crippen molar-refractivity contribution in [2.45, 2.75) is 57.8 Å². The molecule has 20 heavy (non-hydrogen) atoms. The molecular formula is C16H26NO3+. The van der Waals surface area contributed by atoms with Crippen molar-refractivity contribution < 1.29 is 19.9 Å². The Kier molecular flexibility index (Phi) is 9.70. The molecule has 0 aromatic carbocycles. The Bertz CT molecular complexity index is 354. The number of ketones is 1. The molecule has 0 aliphatic rings. The molecule has 0 radical (unpaired) electrons. The van der Waals surface area contributed by atoms with Gasteiger partial charge in [-0.2, -0.15) is 0 Å². The lowest BCUT2D eigenvalue weighted by Crippen LogP contribution is -2.06. The molecule has 0 aliphatic carbocycles. The highest BCUT2D eigenvalue weighted by Crippen LogP contribution is 2.11. The van der Waals surface area contributed by atoms with E-state index in [2.05, 4.69) is 9.87 Å². The van der Waals surface area contributed by atoms with Crippen molar-refractivity contribution in [1.82, 2.24) is 0 Å². The SMILES string of the molecule is O=C(CCCCCCCCCCOO)c1ccc[nH+]c1. The molecule has 0 saturated heterocycles. The monoisotopic (exact) mass is 280 g/mol. The lowest BCUT2D eigenvalue weighted by molar-refractivity contribution is -0.378. The van der Waals surface area contributed by atoms with Gasteiger partial charge in [-0.1, -0.05) is 38.5 Å². The van der Waals surface area contributed by atoms with Crippen LogP contribution in [-0.4, -0.2) is 17.6 Å². The summed E-state index contributed by atoms with van der Waals surface area (Å²) in [5.41, 5.74) is 0.776. The summed E-state index contributed by atoms with van der Waals surface area (Å²) in [4.78, 5) is 18.8. The summed E-state index contributed by atoms with van der Waals surface area (Å²) < 4.78 is 0. The van der Waals surface area contributed by atoms with E-state index in [0.717, 1.165) is 31.2 Å². The fourth-order valence-corrected chi connectivity index (χ4v) is 2.22. The zero-order chi connectivity index (χ0) is 14.5. The average molecular weight is 280 g/mol. The number of rotatable bonds is 12. The molecule has 0 fully saturated rings. The molecule has 0 spiro atoms. The van der Waals surface area contributed by atoms with E-state index in [1.807, 2.05) is 18.3 Å². The van der Waals surface area contributed by atoms with E-state index >= 15 is 0 Å². The topological polar surface area (TPSA) is 60.7 Å². The van der Waals surface area contributed by atoms with Crippen LogP contribution in [0.15, 0.2) is 24.5 Å². The molecule has 1 heterocycles. The van der Waals surface area contributed by atoms with E-state index in [1.165, 1.54) is 25.7 Å². The summed E-state index contributed by atoms with van der Waals surface area (Å²) in [6.07, 6.45) is 13.2. The van der Waals surface area contributed by atoms with Crippen molar-refractivity contribution in [1.29, 1.82) is 0 Å². The number of hydrogen-bond donors (Lipinski definition) is 1. The highest BCUT2D eigenvalue weighted by molar-refractivity contribution is 5.95. The second-order valence-electron chi connectivity index (χ2n) is 5.13. The van der Waals surface area contributed by atoms with Gasteiger partial charge in [-0.05, 0) is 18.9 Å². The molecule has 4 nitrogen and oxygen atoms in total. The van der Waals surface area contributed by atoms with Gasteiger partial charge in [0.1, 0.15) is 0 Å². The fourth-order valence-electron chi connectivity index (χ4n) is 2.22. The predicted molar refractivity (Wildman–Crippen MR) is 77.5 cm³/mol. The fraction of sp³-hybridized carbons (Fsp3) is 0.625. The first-order valence-corrected chi connectivity index (χ1v) is 7.60. The van der Waals surface area contributed by atoms with Crippen LogP contribution in [0.3, 0.4) is 0 Å². The van der Waals surface area contributed by atoms with Crippen molar-refractivity contribution in [3.63, 3.8) is 0 Å². The Morgan fingerprint density at radius 3 is 2.30 bits per heavy atom. The van der Waals surface area contributed by atoms with E-state index in [0.29, 0.717) is 13.0 Å². The number of aromatic amines is 1. The maximum atomic E-state index is 11.8. The number of nitrogens with one attached hydrogen (secondary N) is 1. The van der Waals surface area contributed by atoms with E-state index < -0.39 is 0 Å². The van der Waals surface area contributed by atoms with Crippen molar-refractivity contribution in [2.75, 3.05) is 6.61 Å². The molecule has 4 heteroatoms. The van der Waals surface area contributed by atoms with Crippen LogP contribution in [0, 0.1) is 0 Å². The van der Waals surface area contributed by atoms with E-state index in [1.54, 1.807) is 6.20 Å². The molecule has 0 atom stereocenters. The number of hydrogen-bond acceptors (Lipinski definition) is 3. The van der Waals surface area contributed by atoms with Crippen LogP contribution in [-0.2, 0) is 4.89 Å². The number of H-pyrrole nitrogens is 1. The maximum Gasteiger partial charge on any atom is 0.177 e. The average Bonchev–Trinajstić information content (AvgIpc) is 2.50. The first kappa shape index (κ1) is 16.8. The second-order valence-corrected chi connectivity index (χ2v) is 5.13. The standard InChI is InChI=1S/C16H25NO3/c18-16(15-10-9-12-17-14-15)11-7-5-3-1-2-4-6-8-13-20-19/h9-10,12,14,19H,1-8,11,13H2/p+1. The highest BCUT2D eigenvalue weighted by atomic mass is 17.1. The van der Waals surface area contributed by atoms with Crippen LogP contribution in [0.4, 0.5) is 0 Å². The second kappa shape index (κ2) is 11.6. The molecule has 0 amide bonds. The van der Waals surface area contributed by atoms with Crippen LogP contribution in [0.1, 0.15) is 68.1 Å². The zero-order valence-electron chi connectivity index (χ0n) is 12.1. The number of carbonyl (C=O) groups excluding carboxylic acids is 1. The number of Topliss-reactive ketones (excluding diaryl/α,β-unsaturated/α-hetero) is 1. The Labute approximate surface area is 121 Å². The van der Waals surface area contributed by atoms with Gasteiger partial charge in [-0.15, -0.1) is 0 Å². The smallest absolute Gasteiger partial charge is 0.177 e. The quantitative estimate of drug-likeness (QED) is 0.275. The highest BCUT2D eigenvalue weighted by Gasteiger charge is 2.06. The largest absolute Gasteiger partial charge is 0.294 e. The van der Waals surface area contributed by atoms with Crippen molar-refractivity contribution in [3.05, 3.63) is 30.1 Å². The van der Waals surface area contributed by atoms with Crippen LogP contribution in [0.25, 0.3) is 0 Å². The predicted octanol–water partition coefficient (Wildman–Crippen LogP) is 3.68. The first-order chi connectivity index (χ1) is 9.84. The van der Waals surface area contributed by atoms with E-state index in [9.17, 15) is 4.79 Å². The van der Waals surface area contributed by atoms with E-state index in [4.69, 9.17) is 5.26 Å². The van der Waals surface area contributed by atoms with Crippen LogP contribution >= 0.6 is 0 Å². The molecule has 2 N–H and O–H groups in total. The van der Waals surface area contributed by atoms with Crippen LogP contribution in [0.5, 0.6) is 0 Å². The van der Waals surface area contributed by atoms with Crippen LogP contribution < -0.4 is 4.98 Å². The van der Waals surface area contributed by atoms with Gasteiger partial charge >= 0.3 is 0 Å². The molecule has 1 rings (SSSR count). The van der Waals surface area contributed by atoms with Crippen molar-refractivity contribution in [2.24, 2.45) is 0 Å². The van der Waals surface area contributed by atoms with Gasteiger partial charge in [0.2, 0.25) is 0 Å². The lowest BCUT2D eigenvalue weighted by Gasteiger charge is -2.02. The van der Waals surface area contributed by atoms with Gasteiger partial charge in [-0.25, -0.2) is 9.87 Å². The van der Waals surface area contributed by atoms with Crippen LogP contribution in [0.2, 0.25) is 0 Å². The van der Waals surface area contributed by atoms with Gasteiger partial charge in [0.15, 0.2) is 18.2 Å². The first-order valence-electron chi connectivity index (χ1n) is 7.60. The summed E-state index contributed by atoms with van der Waals surface area (Å²) in [6, 6.07) is 3.71. The van der Waals surface area contributed by atoms with Gasteiger partial charge in [0.05, 0.1) is 12.2 Å². The van der Waals surface area contributed by atoms with Gasteiger partial charge < -0.3 is 0 Å². The minimum atomic E-state index is 0.228. The molecule has 1 aromatic rings. The Morgan fingerprint density at radius 2 is 1.70 bits per heavy atom. The number of unbranched alkanes of at least 4 members (excludes halogenated alkanes) is 7. The number of carbonyl (C=O) groups is 1. The molecule has 0 bridgehead atoms.